The number of hydrogen-bond donors (Lipinski definition) is 1. The number of ether oxygens (including phenoxy) is 1. The van der Waals surface area contributed by atoms with Crippen molar-refractivity contribution in [3.05, 3.63) is 77.9 Å². The van der Waals surface area contributed by atoms with Crippen molar-refractivity contribution in [1.29, 1.82) is 0 Å². The number of amides is 2. The average molecular weight is 547 g/mol. The normalized spacial score (nSPS) is 17.9. The molecule has 0 saturated carbocycles. The summed E-state index contributed by atoms with van der Waals surface area (Å²) in [6.45, 7) is 6.30. The van der Waals surface area contributed by atoms with Crippen molar-refractivity contribution in [2.45, 2.75) is 45.2 Å². The lowest BCUT2D eigenvalue weighted by atomic mass is 9.99. The van der Waals surface area contributed by atoms with Gasteiger partial charge in [-0.05, 0) is 61.7 Å². The number of aromatic nitrogens is 2. The van der Waals surface area contributed by atoms with Crippen molar-refractivity contribution in [2.75, 3.05) is 42.9 Å². The summed E-state index contributed by atoms with van der Waals surface area (Å²) < 4.78 is 18.5. The van der Waals surface area contributed by atoms with Crippen LogP contribution in [0.15, 0.2) is 60.9 Å². The van der Waals surface area contributed by atoms with Gasteiger partial charge in [0.1, 0.15) is 11.6 Å². The molecule has 1 N–H and O–H groups in total. The third kappa shape index (κ3) is 6.93. The molecule has 2 aliphatic heterocycles. The third-order valence-electron chi connectivity index (χ3n) is 7.58. The summed E-state index contributed by atoms with van der Waals surface area (Å²) in [4.78, 5) is 39.8. The van der Waals surface area contributed by atoms with E-state index in [4.69, 9.17) is 4.74 Å². The van der Waals surface area contributed by atoms with Gasteiger partial charge in [0, 0.05) is 50.4 Å². The predicted octanol–water partition coefficient (Wildman–Crippen LogP) is 4.95. The molecule has 3 aromatic rings. The van der Waals surface area contributed by atoms with Crippen LogP contribution in [-0.2, 0) is 6.54 Å². The second-order valence-corrected chi connectivity index (χ2v) is 10.2. The van der Waals surface area contributed by atoms with Crippen LogP contribution in [0.3, 0.4) is 0 Å². The number of piperazine rings is 1. The molecular weight excluding hydrogens is 511 g/mol. The second-order valence-electron chi connectivity index (χ2n) is 10.2. The zero-order chi connectivity index (χ0) is 27.9. The van der Waals surface area contributed by atoms with E-state index < -0.39 is 6.09 Å². The molecule has 0 aliphatic carbocycles. The number of nitrogens with zero attached hydrogens (tertiary/aromatic N) is 5. The molecule has 10 heteroatoms. The number of pyridine rings is 2. The van der Waals surface area contributed by atoms with Gasteiger partial charge in [0.25, 0.3) is 5.91 Å². The Morgan fingerprint density at radius 1 is 0.950 bits per heavy atom. The molecule has 2 aromatic heterocycles. The molecule has 40 heavy (non-hydrogen) atoms. The zero-order valence-corrected chi connectivity index (χ0v) is 22.8. The SMILES string of the molecule is CCC1CCCCN1Cc1ccc(C(=O)Nc2ccc(OC(=O)N3CCN(c4ccc(F)cn4)CC3)nc2)cc1. The molecule has 2 saturated heterocycles. The van der Waals surface area contributed by atoms with Crippen molar-refractivity contribution >= 4 is 23.5 Å². The highest BCUT2D eigenvalue weighted by molar-refractivity contribution is 6.04. The van der Waals surface area contributed by atoms with E-state index in [1.165, 1.54) is 49.7 Å². The van der Waals surface area contributed by atoms with E-state index >= 15 is 0 Å². The number of carbonyl (C=O) groups excluding carboxylic acids is 2. The summed E-state index contributed by atoms with van der Waals surface area (Å²) in [5.41, 5.74) is 2.28. The maximum absolute atomic E-state index is 13.1. The van der Waals surface area contributed by atoms with Gasteiger partial charge in [-0.15, -0.1) is 0 Å². The largest absolute Gasteiger partial charge is 0.416 e. The lowest BCUT2D eigenvalue weighted by Crippen LogP contribution is -2.49. The number of rotatable bonds is 7. The average Bonchev–Trinajstić information content (AvgIpc) is 2.99. The molecule has 4 heterocycles. The first-order chi connectivity index (χ1) is 19.5. The van der Waals surface area contributed by atoms with Gasteiger partial charge in [0.2, 0.25) is 5.88 Å². The molecule has 1 unspecified atom stereocenters. The molecule has 210 valence electrons. The Labute approximate surface area is 234 Å². The number of halogens is 1. The van der Waals surface area contributed by atoms with E-state index in [9.17, 15) is 14.0 Å². The van der Waals surface area contributed by atoms with Gasteiger partial charge in [-0.1, -0.05) is 25.5 Å². The van der Waals surface area contributed by atoms with Crippen LogP contribution >= 0.6 is 0 Å². The fourth-order valence-corrected chi connectivity index (χ4v) is 5.27. The van der Waals surface area contributed by atoms with Gasteiger partial charge in [-0.2, -0.15) is 0 Å². The first-order valence-electron chi connectivity index (χ1n) is 13.9. The summed E-state index contributed by atoms with van der Waals surface area (Å²) in [6.07, 6.45) is 7.14. The topological polar surface area (TPSA) is 90.9 Å². The summed E-state index contributed by atoms with van der Waals surface area (Å²) in [6, 6.07) is 14.6. The van der Waals surface area contributed by atoms with Crippen molar-refractivity contribution < 1.29 is 18.7 Å². The van der Waals surface area contributed by atoms with Crippen LogP contribution in [0.1, 0.15) is 48.5 Å². The number of carbonyl (C=O) groups is 2. The van der Waals surface area contributed by atoms with Crippen LogP contribution in [0, 0.1) is 5.82 Å². The van der Waals surface area contributed by atoms with Crippen LogP contribution in [0.2, 0.25) is 0 Å². The lowest BCUT2D eigenvalue weighted by Gasteiger charge is -2.35. The summed E-state index contributed by atoms with van der Waals surface area (Å²) in [5, 5.41) is 2.85. The Morgan fingerprint density at radius 2 is 1.75 bits per heavy atom. The number of anilines is 2. The molecule has 1 atom stereocenters. The van der Waals surface area contributed by atoms with Crippen LogP contribution in [0.4, 0.5) is 20.7 Å². The van der Waals surface area contributed by atoms with E-state index in [-0.39, 0.29) is 17.6 Å². The van der Waals surface area contributed by atoms with E-state index in [1.807, 2.05) is 29.2 Å². The minimum atomic E-state index is -0.495. The molecule has 2 aliphatic rings. The second kappa shape index (κ2) is 12.9. The molecule has 2 amide bonds. The Balaban J connectivity index is 1.08. The smallest absolute Gasteiger partial charge is 0.391 e. The van der Waals surface area contributed by atoms with Gasteiger partial charge in [-0.3, -0.25) is 9.69 Å². The van der Waals surface area contributed by atoms with Crippen molar-refractivity contribution in [3.8, 4) is 5.88 Å². The Hall–Kier alpha value is -4.05. The van der Waals surface area contributed by atoms with Crippen LogP contribution in [0.5, 0.6) is 5.88 Å². The highest BCUT2D eigenvalue weighted by atomic mass is 19.1. The fourth-order valence-electron chi connectivity index (χ4n) is 5.27. The third-order valence-corrected chi connectivity index (χ3v) is 7.58. The molecule has 0 bridgehead atoms. The number of hydrogen-bond acceptors (Lipinski definition) is 7. The Morgan fingerprint density at radius 3 is 2.42 bits per heavy atom. The maximum atomic E-state index is 13.1. The summed E-state index contributed by atoms with van der Waals surface area (Å²) in [7, 11) is 0. The first kappa shape index (κ1) is 27.5. The number of likely N-dealkylation sites (tertiary alicyclic amines) is 1. The molecule has 2 fully saturated rings. The van der Waals surface area contributed by atoms with Crippen molar-refractivity contribution in [1.82, 2.24) is 19.8 Å². The Kier molecular flexibility index (Phi) is 8.85. The highest BCUT2D eigenvalue weighted by Crippen LogP contribution is 2.22. The van der Waals surface area contributed by atoms with Crippen LogP contribution in [-0.4, -0.2) is 70.5 Å². The molecule has 0 spiro atoms. The van der Waals surface area contributed by atoms with Gasteiger partial charge >= 0.3 is 6.09 Å². The predicted molar refractivity (Wildman–Crippen MR) is 151 cm³/mol. The van der Waals surface area contributed by atoms with Gasteiger partial charge in [0.05, 0.1) is 18.1 Å². The monoisotopic (exact) mass is 546 g/mol. The standard InChI is InChI=1S/C30H35FN6O3/c1-2-26-5-3-4-14-37(26)21-22-6-8-23(9-7-22)29(38)34-25-11-13-28(33-20-25)40-30(39)36-17-15-35(16-18-36)27-12-10-24(31)19-32-27/h6-13,19-20,26H,2-5,14-18,21H2,1H3,(H,34,38). The van der Waals surface area contributed by atoms with Gasteiger partial charge < -0.3 is 19.9 Å². The molecule has 0 radical (unpaired) electrons. The maximum Gasteiger partial charge on any atom is 0.416 e. The van der Waals surface area contributed by atoms with Gasteiger partial charge in [-0.25, -0.2) is 19.2 Å². The van der Waals surface area contributed by atoms with Crippen molar-refractivity contribution in [2.24, 2.45) is 0 Å². The molecule has 1 aromatic carbocycles. The van der Waals surface area contributed by atoms with Crippen molar-refractivity contribution in [3.63, 3.8) is 0 Å². The van der Waals surface area contributed by atoms with Crippen LogP contribution in [0.25, 0.3) is 0 Å². The van der Waals surface area contributed by atoms with E-state index in [0.29, 0.717) is 49.3 Å². The minimum absolute atomic E-state index is 0.151. The molecule has 5 rings (SSSR count). The molecule has 9 nitrogen and oxygen atoms in total. The summed E-state index contributed by atoms with van der Waals surface area (Å²) >= 11 is 0. The number of nitrogens with one attached hydrogen (secondary N) is 1. The highest BCUT2D eigenvalue weighted by Gasteiger charge is 2.24. The van der Waals surface area contributed by atoms with E-state index in [2.05, 4.69) is 27.1 Å². The van der Waals surface area contributed by atoms with E-state index in [0.717, 1.165) is 13.1 Å². The number of benzene rings is 1. The first-order valence-corrected chi connectivity index (χ1v) is 13.9. The minimum Gasteiger partial charge on any atom is -0.391 e. The Bertz CT molecular complexity index is 1280. The van der Waals surface area contributed by atoms with Crippen LogP contribution < -0.4 is 15.0 Å². The number of piperidine rings is 1. The van der Waals surface area contributed by atoms with Gasteiger partial charge in [0.15, 0.2) is 0 Å². The lowest BCUT2D eigenvalue weighted by molar-refractivity contribution is 0.102. The van der Waals surface area contributed by atoms with E-state index in [1.54, 1.807) is 23.1 Å². The zero-order valence-electron chi connectivity index (χ0n) is 22.8. The fraction of sp³-hybridized carbons (Fsp3) is 0.400. The summed E-state index contributed by atoms with van der Waals surface area (Å²) in [5.74, 6) is 0.215. The quantitative estimate of drug-likeness (QED) is 0.448. The molecular formula is C30H35FN6O3.